The summed E-state index contributed by atoms with van der Waals surface area (Å²) < 4.78 is 36.7. The average Bonchev–Trinajstić information content (AvgIpc) is 2.59. The predicted molar refractivity (Wildman–Crippen MR) is 68.9 cm³/mol. The Labute approximate surface area is 107 Å². The Bertz CT molecular complexity index is 559. The Morgan fingerprint density at radius 2 is 2.11 bits per heavy atom. The van der Waals surface area contributed by atoms with Crippen LogP contribution >= 0.6 is 0 Å². The molecular formula is C12H17FN2O2S. The maximum absolute atomic E-state index is 14.0. The Balaban J connectivity index is 2.37. The van der Waals surface area contributed by atoms with E-state index in [1.807, 2.05) is 11.8 Å². The van der Waals surface area contributed by atoms with Crippen LogP contribution in [0.5, 0.6) is 0 Å². The van der Waals surface area contributed by atoms with Crippen molar-refractivity contribution in [3.05, 3.63) is 24.0 Å². The van der Waals surface area contributed by atoms with Gasteiger partial charge in [-0.05, 0) is 31.5 Å². The molecule has 1 aromatic carbocycles. The predicted octanol–water partition coefficient (Wildman–Crippen LogP) is 1.16. The van der Waals surface area contributed by atoms with E-state index in [0.717, 1.165) is 18.7 Å². The van der Waals surface area contributed by atoms with Crippen molar-refractivity contribution in [2.75, 3.05) is 17.7 Å². The van der Waals surface area contributed by atoms with Crippen LogP contribution in [0.1, 0.15) is 13.3 Å². The fourth-order valence-corrected chi connectivity index (χ4v) is 2.89. The number of rotatable bonds is 2. The maximum Gasteiger partial charge on any atom is 0.175 e. The number of sulfone groups is 1. The van der Waals surface area contributed by atoms with Crippen molar-refractivity contribution < 1.29 is 12.8 Å². The summed E-state index contributed by atoms with van der Waals surface area (Å²) in [5.74, 6) is -0.515. The fourth-order valence-electron chi connectivity index (χ4n) is 2.26. The van der Waals surface area contributed by atoms with Gasteiger partial charge in [0, 0.05) is 24.9 Å². The SMILES string of the molecule is CC1C(N)CCN1c1ccc(S(C)(=O)=O)cc1F. The third-order valence-corrected chi connectivity index (χ3v) is 4.58. The molecule has 2 rings (SSSR count). The molecule has 1 aliphatic heterocycles. The molecule has 0 aliphatic carbocycles. The lowest BCUT2D eigenvalue weighted by Crippen LogP contribution is -2.37. The molecule has 0 aromatic heterocycles. The van der Waals surface area contributed by atoms with Crippen LogP contribution in [0.2, 0.25) is 0 Å². The number of hydrogen-bond donors (Lipinski definition) is 1. The van der Waals surface area contributed by atoms with Crippen LogP contribution in [0.3, 0.4) is 0 Å². The van der Waals surface area contributed by atoms with Crippen LogP contribution in [0, 0.1) is 5.82 Å². The van der Waals surface area contributed by atoms with Gasteiger partial charge in [0.2, 0.25) is 0 Å². The van der Waals surface area contributed by atoms with Gasteiger partial charge in [0.1, 0.15) is 5.82 Å². The average molecular weight is 272 g/mol. The van der Waals surface area contributed by atoms with Crippen LogP contribution < -0.4 is 10.6 Å². The van der Waals surface area contributed by atoms with E-state index in [-0.39, 0.29) is 17.0 Å². The molecule has 18 heavy (non-hydrogen) atoms. The molecule has 2 unspecified atom stereocenters. The minimum Gasteiger partial charge on any atom is -0.365 e. The van der Waals surface area contributed by atoms with Gasteiger partial charge in [-0.3, -0.25) is 0 Å². The maximum atomic E-state index is 14.0. The number of nitrogens with zero attached hydrogens (tertiary/aromatic N) is 1. The topological polar surface area (TPSA) is 63.4 Å². The van der Waals surface area contributed by atoms with Crippen LogP contribution in [-0.4, -0.2) is 33.3 Å². The molecule has 0 amide bonds. The van der Waals surface area contributed by atoms with Gasteiger partial charge in [0.25, 0.3) is 0 Å². The molecule has 2 N–H and O–H groups in total. The molecule has 4 nitrogen and oxygen atoms in total. The van der Waals surface area contributed by atoms with Crippen molar-refractivity contribution in [2.24, 2.45) is 5.73 Å². The summed E-state index contributed by atoms with van der Waals surface area (Å²) in [4.78, 5) is 1.88. The first kappa shape index (κ1) is 13.3. The van der Waals surface area contributed by atoms with Crippen molar-refractivity contribution in [2.45, 2.75) is 30.3 Å². The minimum absolute atomic E-state index is 0.0000940. The van der Waals surface area contributed by atoms with E-state index in [0.29, 0.717) is 12.2 Å². The molecule has 0 spiro atoms. The summed E-state index contributed by atoms with van der Waals surface area (Å²) in [6, 6.07) is 4.11. The van der Waals surface area contributed by atoms with Crippen LogP contribution in [0.25, 0.3) is 0 Å². The second-order valence-corrected chi connectivity index (χ2v) is 6.79. The van der Waals surface area contributed by atoms with E-state index in [4.69, 9.17) is 5.73 Å². The summed E-state index contributed by atoms with van der Waals surface area (Å²) >= 11 is 0. The minimum atomic E-state index is -3.37. The molecule has 100 valence electrons. The van der Waals surface area contributed by atoms with E-state index in [1.54, 1.807) is 0 Å². The van der Waals surface area contributed by atoms with Gasteiger partial charge in [0.15, 0.2) is 9.84 Å². The summed E-state index contributed by atoms with van der Waals surface area (Å²) in [6.45, 7) is 2.64. The smallest absolute Gasteiger partial charge is 0.175 e. The van der Waals surface area contributed by atoms with E-state index in [2.05, 4.69) is 0 Å². The van der Waals surface area contributed by atoms with Crippen LogP contribution in [0.15, 0.2) is 23.1 Å². The molecule has 1 heterocycles. The van der Waals surface area contributed by atoms with Crippen molar-refractivity contribution in [3.8, 4) is 0 Å². The molecule has 1 aliphatic rings. The molecule has 0 radical (unpaired) electrons. The molecular weight excluding hydrogens is 255 g/mol. The van der Waals surface area contributed by atoms with Gasteiger partial charge in [-0.15, -0.1) is 0 Å². The molecule has 2 atom stereocenters. The van der Waals surface area contributed by atoms with Gasteiger partial charge >= 0.3 is 0 Å². The lowest BCUT2D eigenvalue weighted by atomic mass is 10.1. The zero-order valence-electron chi connectivity index (χ0n) is 10.4. The fraction of sp³-hybridized carbons (Fsp3) is 0.500. The number of nitrogens with two attached hydrogens (primary N) is 1. The molecule has 0 bridgehead atoms. The van der Waals surface area contributed by atoms with Crippen molar-refractivity contribution >= 4 is 15.5 Å². The Morgan fingerprint density at radius 3 is 2.56 bits per heavy atom. The van der Waals surface area contributed by atoms with Gasteiger partial charge in [-0.2, -0.15) is 0 Å². The first-order chi connectivity index (χ1) is 8.30. The molecule has 6 heteroatoms. The van der Waals surface area contributed by atoms with Crippen molar-refractivity contribution in [1.82, 2.24) is 0 Å². The molecule has 0 saturated carbocycles. The highest BCUT2D eigenvalue weighted by Gasteiger charge is 2.29. The van der Waals surface area contributed by atoms with E-state index in [1.165, 1.54) is 12.1 Å². The highest BCUT2D eigenvalue weighted by atomic mass is 32.2. The quantitative estimate of drug-likeness (QED) is 0.877. The second kappa shape index (κ2) is 4.51. The van der Waals surface area contributed by atoms with E-state index < -0.39 is 15.7 Å². The number of anilines is 1. The first-order valence-corrected chi connectivity index (χ1v) is 7.71. The normalized spacial score (nSPS) is 24.6. The second-order valence-electron chi connectivity index (χ2n) is 4.77. The number of halogens is 1. The van der Waals surface area contributed by atoms with Gasteiger partial charge < -0.3 is 10.6 Å². The van der Waals surface area contributed by atoms with Crippen LogP contribution in [-0.2, 0) is 9.84 Å². The number of hydrogen-bond acceptors (Lipinski definition) is 4. The Morgan fingerprint density at radius 1 is 1.44 bits per heavy atom. The third-order valence-electron chi connectivity index (χ3n) is 3.47. The Hall–Kier alpha value is -1.14. The van der Waals surface area contributed by atoms with Crippen molar-refractivity contribution in [1.29, 1.82) is 0 Å². The van der Waals surface area contributed by atoms with E-state index in [9.17, 15) is 12.8 Å². The molecule has 1 aromatic rings. The van der Waals surface area contributed by atoms with Gasteiger partial charge in [-0.1, -0.05) is 0 Å². The third kappa shape index (κ3) is 2.35. The summed E-state index contributed by atoms with van der Waals surface area (Å²) in [5.41, 5.74) is 6.31. The number of benzene rings is 1. The van der Waals surface area contributed by atoms with Gasteiger partial charge in [0.05, 0.1) is 10.6 Å². The van der Waals surface area contributed by atoms with Gasteiger partial charge in [-0.25, -0.2) is 12.8 Å². The van der Waals surface area contributed by atoms with Crippen molar-refractivity contribution in [3.63, 3.8) is 0 Å². The summed E-state index contributed by atoms with van der Waals surface area (Å²) in [5, 5.41) is 0. The lowest BCUT2D eigenvalue weighted by molar-refractivity contribution is 0.586. The summed E-state index contributed by atoms with van der Waals surface area (Å²) in [6.07, 6.45) is 1.88. The summed E-state index contributed by atoms with van der Waals surface area (Å²) in [7, 11) is -3.37. The molecule has 1 saturated heterocycles. The Kier molecular flexibility index (Phi) is 3.33. The van der Waals surface area contributed by atoms with E-state index >= 15 is 0 Å². The van der Waals surface area contributed by atoms with Crippen LogP contribution in [0.4, 0.5) is 10.1 Å². The molecule has 1 fully saturated rings. The first-order valence-electron chi connectivity index (χ1n) is 5.82. The monoisotopic (exact) mass is 272 g/mol. The zero-order chi connectivity index (χ0) is 13.5. The largest absolute Gasteiger partial charge is 0.365 e. The lowest BCUT2D eigenvalue weighted by Gasteiger charge is -2.26. The zero-order valence-corrected chi connectivity index (χ0v) is 11.2. The highest BCUT2D eigenvalue weighted by molar-refractivity contribution is 7.90. The highest BCUT2D eigenvalue weighted by Crippen LogP contribution is 2.28. The standard InChI is InChI=1S/C12H17FN2O2S/c1-8-11(14)5-6-15(8)12-4-3-9(7-10(12)13)18(2,16)17/h3-4,7-8,11H,5-6,14H2,1-2H3.